The van der Waals surface area contributed by atoms with Crippen LogP contribution in [0.25, 0.3) is 5.52 Å². The van der Waals surface area contributed by atoms with Gasteiger partial charge in [0.25, 0.3) is 5.91 Å². The molecule has 23 heavy (non-hydrogen) atoms. The summed E-state index contributed by atoms with van der Waals surface area (Å²) in [4.78, 5) is 19.1. The van der Waals surface area contributed by atoms with Gasteiger partial charge in [0.15, 0.2) is 0 Å². The first kappa shape index (κ1) is 14.0. The van der Waals surface area contributed by atoms with Crippen molar-refractivity contribution in [3.63, 3.8) is 0 Å². The van der Waals surface area contributed by atoms with Crippen LogP contribution >= 0.6 is 0 Å². The minimum absolute atomic E-state index is 0.0282. The minimum Gasteiger partial charge on any atom is -0.368 e. The Morgan fingerprint density at radius 1 is 1.13 bits per heavy atom. The molecule has 0 spiro atoms. The Morgan fingerprint density at radius 2 is 2.04 bits per heavy atom. The Labute approximate surface area is 134 Å². The lowest BCUT2D eigenvalue weighted by Gasteiger charge is -2.32. The van der Waals surface area contributed by atoms with E-state index >= 15 is 0 Å². The molecular formula is C18H17N3O2. The highest BCUT2D eigenvalue weighted by molar-refractivity contribution is 5.94. The lowest BCUT2D eigenvalue weighted by molar-refractivity contribution is -0.0249. The van der Waals surface area contributed by atoms with Gasteiger partial charge in [-0.3, -0.25) is 9.78 Å². The fourth-order valence-corrected chi connectivity index (χ4v) is 2.97. The Hall–Kier alpha value is -2.66. The Bertz CT molecular complexity index is 828. The lowest BCUT2D eigenvalue weighted by atomic mass is 10.2. The van der Waals surface area contributed by atoms with E-state index in [-0.39, 0.29) is 12.0 Å². The summed E-state index contributed by atoms with van der Waals surface area (Å²) in [6.07, 6.45) is 3.50. The van der Waals surface area contributed by atoms with Crippen molar-refractivity contribution in [2.75, 3.05) is 19.7 Å². The van der Waals surface area contributed by atoms with Gasteiger partial charge in [0, 0.05) is 24.5 Å². The topological polar surface area (TPSA) is 46.8 Å². The van der Waals surface area contributed by atoms with Crippen LogP contribution in [0.4, 0.5) is 0 Å². The molecule has 1 atom stereocenters. The van der Waals surface area contributed by atoms with E-state index in [0.29, 0.717) is 25.4 Å². The van der Waals surface area contributed by atoms with Crippen molar-refractivity contribution in [1.82, 2.24) is 14.3 Å². The summed E-state index contributed by atoms with van der Waals surface area (Å²) >= 11 is 0. The van der Waals surface area contributed by atoms with Gasteiger partial charge in [-0.05, 0) is 36.4 Å². The van der Waals surface area contributed by atoms with Crippen LogP contribution in [-0.4, -0.2) is 39.9 Å². The second-order valence-electron chi connectivity index (χ2n) is 5.58. The molecule has 5 nitrogen and oxygen atoms in total. The number of amides is 1. The molecule has 1 aliphatic heterocycles. The third-order valence-corrected chi connectivity index (χ3v) is 4.15. The number of nitrogens with zero attached hydrogens (tertiary/aromatic N) is 3. The number of hydrogen-bond acceptors (Lipinski definition) is 3. The van der Waals surface area contributed by atoms with Gasteiger partial charge in [-0.15, -0.1) is 0 Å². The number of fused-ring (bicyclic) bond motifs is 1. The second-order valence-corrected chi connectivity index (χ2v) is 5.58. The van der Waals surface area contributed by atoms with E-state index in [0.717, 1.165) is 11.2 Å². The molecule has 1 aliphatic rings. The highest BCUT2D eigenvalue weighted by Crippen LogP contribution is 2.22. The predicted molar refractivity (Wildman–Crippen MR) is 86.2 cm³/mol. The summed E-state index contributed by atoms with van der Waals surface area (Å²) in [5, 5.41) is 0. The molecule has 0 saturated carbocycles. The van der Waals surface area contributed by atoms with E-state index in [9.17, 15) is 4.79 Å². The number of ether oxygens (including phenoxy) is 1. The fourth-order valence-electron chi connectivity index (χ4n) is 2.97. The normalized spacial score (nSPS) is 18.3. The van der Waals surface area contributed by atoms with Gasteiger partial charge in [0.1, 0.15) is 11.8 Å². The summed E-state index contributed by atoms with van der Waals surface area (Å²) in [6.45, 7) is 1.65. The number of carbonyl (C=O) groups excluding carboxylic acids is 1. The number of pyridine rings is 2. The van der Waals surface area contributed by atoms with Crippen LogP contribution in [0.2, 0.25) is 0 Å². The average Bonchev–Trinajstić information content (AvgIpc) is 3.06. The molecule has 0 aromatic carbocycles. The Morgan fingerprint density at radius 3 is 2.91 bits per heavy atom. The first-order valence-electron chi connectivity index (χ1n) is 7.71. The molecule has 0 bridgehead atoms. The maximum absolute atomic E-state index is 12.9. The molecule has 116 valence electrons. The fraction of sp³-hybridized carbons (Fsp3) is 0.222. The van der Waals surface area contributed by atoms with Crippen molar-refractivity contribution < 1.29 is 9.53 Å². The van der Waals surface area contributed by atoms with Crippen molar-refractivity contribution in [3.8, 4) is 0 Å². The average molecular weight is 307 g/mol. The summed E-state index contributed by atoms with van der Waals surface area (Å²) in [5.41, 5.74) is 2.57. The van der Waals surface area contributed by atoms with Crippen LogP contribution in [-0.2, 0) is 4.74 Å². The molecule has 0 aliphatic carbocycles. The second kappa shape index (κ2) is 5.85. The standard InChI is InChI=1S/C18H17N3O2/c22-18(16-8-7-14-5-2-4-10-21(14)16)20-11-12-23-17(13-20)15-6-1-3-9-19-15/h1-10,17H,11-13H2. The van der Waals surface area contributed by atoms with Crippen LogP contribution in [0.3, 0.4) is 0 Å². The monoisotopic (exact) mass is 307 g/mol. The number of morpholine rings is 1. The Kier molecular flexibility index (Phi) is 3.55. The molecule has 4 heterocycles. The van der Waals surface area contributed by atoms with Gasteiger partial charge in [-0.1, -0.05) is 12.1 Å². The van der Waals surface area contributed by atoms with E-state index in [1.807, 2.05) is 64.0 Å². The smallest absolute Gasteiger partial charge is 0.271 e. The molecule has 1 saturated heterocycles. The molecule has 4 rings (SSSR count). The third kappa shape index (κ3) is 2.59. The van der Waals surface area contributed by atoms with Gasteiger partial charge in [-0.2, -0.15) is 0 Å². The first-order chi connectivity index (χ1) is 11.3. The van der Waals surface area contributed by atoms with Crippen molar-refractivity contribution in [2.24, 2.45) is 0 Å². The molecular weight excluding hydrogens is 290 g/mol. The van der Waals surface area contributed by atoms with Crippen molar-refractivity contribution in [2.45, 2.75) is 6.10 Å². The molecule has 1 amide bonds. The van der Waals surface area contributed by atoms with E-state index in [4.69, 9.17) is 4.74 Å². The van der Waals surface area contributed by atoms with Gasteiger partial charge >= 0.3 is 0 Å². The number of carbonyl (C=O) groups is 1. The molecule has 0 N–H and O–H groups in total. The quantitative estimate of drug-likeness (QED) is 0.731. The third-order valence-electron chi connectivity index (χ3n) is 4.15. The molecule has 1 unspecified atom stereocenters. The van der Waals surface area contributed by atoms with Crippen molar-refractivity contribution in [3.05, 3.63) is 72.3 Å². The minimum atomic E-state index is -0.167. The largest absolute Gasteiger partial charge is 0.368 e. The summed E-state index contributed by atoms with van der Waals surface area (Å²) in [7, 11) is 0. The maximum Gasteiger partial charge on any atom is 0.271 e. The lowest BCUT2D eigenvalue weighted by Crippen LogP contribution is -2.42. The number of hydrogen-bond donors (Lipinski definition) is 0. The van der Waals surface area contributed by atoms with E-state index in [1.54, 1.807) is 6.20 Å². The maximum atomic E-state index is 12.9. The molecule has 3 aromatic rings. The van der Waals surface area contributed by atoms with Gasteiger partial charge in [0.05, 0.1) is 18.8 Å². The van der Waals surface area contributed by atoms with Crippen LogP contribution in [0, 0.1) is 0 Å². The summed E-state index contributed by atoms with van der Waals surface area (Å²) in [5.74, 6) is 0.0282. The molecule has 0 radical (unpaired) electrons. The zero-order chi connectivity index (χ0) is 15.6. The van der Waals surface area contributed by atoms with Crippen LogP contribution in [0.5, 0.6) is 0 Å². The van der Waals surface area contributed by atoms with E-state index in [2.05, 4.69) is 4.98 Å². The van der Waals surface area contributed by atoms with E-state index in [1.165, 1.54) is 0 Å². The van der Waals surface area contributed by atoms with Crippen LogP contribution in [0.1, 0.15) is 22.3 Å². The highest BCUT2D eigenvalue weighted by atomic mass is 16.5. The van der Waals surface area contributed by atoms with Crippen molar-refractivity contribution in [1.29, 1.82) is 0 Å². The molecule has 1 fully saturated rings. The number of rotatable bonds is 2. The SMILES string of the molecule is O=C(c1ccc2ccccn12)N1CCOC(c2ccccn2)C1. The van der Waals surface area contributed by atoms with Crippen molar-refractivity contribution >= 4 is 11.4 Å². The molecule has 5 heteroatoms. The van der Waals surface area contributed by atoms with Gasteiger partial charge < -0.3 is 14.0 Å². The van der Waals surface area contributed by atoms with Gasteiger partial charge in [-0.25, -0.2) is 0 Å². The first-order valence-corrected chi connectivity index (χ1v) is 7.71. The van der Waals surface area contributed by atoms with Gasteiger partial charge in [0.2, 0.25) is 0 Å². The molecule has 3 aromatic heterocycles. The highest BCUT2D eigenvalue weighted by Gasteiger charge is 2.27. The summed E-state index contributed by atoms with van der Waals surface area (Å²) in [6, 6.07) is 15.5. The Balaban J connectivity index is 1.59. The van der Waals surface area contributed by atoms with E-state index < -0.39 is 0 Å². The summed E-state index contributed by atoms with van der Waals surface area (Å²) < 4.78 is 7.71. The number of aromatic nitrogens is 2. The van der Waals surface area contributed by atoms with Crippen LogP contribution in [0.15, 0.2) is 60.9 Å². The zero-order valence-corrected chi connectivity index (χ0v) is 12.6. The predicted octanol–water partition coefficient (Wildman–Crippen LogP) is 2.55. The zero-order valence-electron chi connectivity index (χ0n) is 12.6. The van der Waals surface area contributed by atoms with Crippen LogP contribution < -0.4 is 0 Å².